The molecule has 140 valence electrons. The Morgan fingerprint density at radius 3 is 2.48 bits per heavy atom. The smallest absolute Gasteiger partial charge is 0.240 e. The fourth-order valence-electron chi connectivity index (χ4n) is 3.85. The first-order valence-corrected chi connectivity index (χ1v) is 11.3. The number of benzene rings is 1. The van der Waals surface area contributed by atoms with E-state index in [1.54, 1.807) is 0 Å². The second kappa shape index (κ2) is 8.06. The molecule has 1 fully saturated rings. The second-order valence-electron chi connectivity index (χ2n) is 6.94. The van der Waals surface area contributed by atoms with Gasteiger partial charge in [0.25, 0.3) is 0 Å². The molecule has 1 aromatic rings. The van der Waals surface area contributed by atoms with Crippen molar-refractivity contribution in [3.63, 3.8) is 0 Å². The van der Waals surface area contributed by atoms with Crippen LogP contribution >= 0.6 is 10.7 Å². The van der Waals surface area contributed by atoms with E-state index in [2.05, 4.69) is 65.6 Å². The van der Waals surface area contributed by atoms with Crippen LogP contribution in [0.3, 0.4) is 0 Å². The predicted molar refractivity (Wildman–Crippen MR) is 101 cm³/mol. The van der Waals surface area contributed by atoms with Gasteiger partial charge in [0.15, 0.2) is 0 Å². The number of hydrogen-bond donors (Lipinski definition) is 0. The Morgan fingerprint density at radius 1 is 1.28 bits per heavy atom. The number of fused-ring (bicyclic) bond motifs is 3. The van der Waals surface area contributed by atoms with Crippen molar-refractivity contribution in [1.82, 2.24) is 9.80 Å². The van der Waals surface area contributed by atoms with Gasteiger partial charge >= 0.3 is 0 Å². The summed E-state index contributed by atoms with van der Waals surface area (Å²) in [6.07, 6.45) is 3.94. The van der Waals surface area contributed by atoms with Gasteiger partial charge in [-0.05, 0) is 37.9 Å². The SMILES string of the molecule is CCC[C@H]1C(=O)N2C(CN1C)c1ccccc1C[C@@H]2C.CS(=O)(=O)Cl. The molecule has 1 saturated heterocycles. The first-order valence-electron chi connectivity index (χ1n) is 8.63. The van der Waals surface area contributed by atoms with Crippen LogP contribution in [0.25, 0.3) is 0 Å². The average molecular weight is 387 g/mol. The average Bonchev–Trinajstić information content (AvgIpc) is 2.49. The van der Waals surface area contributed by atoms with E-state index in [4.69, 9.17) is 0 Å². The maximum Gasteiger partial charge on any atom is 0.240 e. The minimum absolute atomic E-state index is 0.0731. The summed E-state index contributed by atoms with van der Waals surface area (Å²) in [6, 6.07) is 9.23. The number of carbonyl (C=O) groups is 1. The van der Waals surface area contributed by atoms with Gasteiger partial charge in [-0.15, -0.1) is 0 Å². The zero-order valence-electron chi connectivity index (χ0n) is 15.3. The molecular formula is C18H27ClN2O3S. The summed E-state index contributed by atoms with van der Waals surface area (Å²) >= 11 is 0. The van der Waals surface area contributed by atoms with Gasteiger partial charge < -0.3 is 4.90 Å². The zero-order chi connectivity index (χ0) is 18.8. The second-order valence-corrected chi connectivity index (χ2v) is 9.98. The van der Waals surface area contributed by atoms with Crippen molar-refractivity contribution in [1.29, 1.82) is 0 Å². The number of nitrogens with zero attached hydrogens (tertiary/aromatic N) is 2. The Kier molecular flexibility index (Phi) is 6.51. The fraction of sp³-hybridized carbons (Fsp3) is 0.611. The van der Waals surface area contributed by atoms with E-state index in [1.807, 2.05) is 0 Å². The first kappa shape index (κ1) is 20.2. The fourth-order valence-corrected chi connectivity index (χ4v) is 3.85. The highest BCUT2D eigenvalue weighted by atomic mass is 35.7. The van der Waals surface area contributed by atoms with Gasteiger partial charge in [0.05, 0.1) is 18.3 Å². The molecule has 2 heterocycles. The molecule has 1 unspecified atom stereocenters. The van der Waals surface area contributed by atoms with Crippen molar-refractivity contribution in [3.05, 3.63) is 35.4 Å². The van der Waals surface area contributed by atoms with Crippen molar-refractivity contribution in [2.75, 3.05) is 19.8 Å². The summed E-state index contributed by atoms with van der Waals surface area (Å²) in [5.41, 5.74) is 2.76. The molecule has 7 heteroatoms. The van der Waals surface area contributed by atoms with Crippen molar-refractivity contribution >= 4 is 25.6 Å². The zero-order valence-corrected chi connectivity index (χ0v) is 16.8. The van der Waals surface area contributed by atoms with Crippen LogP contribution in [-0.4, -0.2) is 56.1 Å². The molecule has 1 amide bonds. The standard InChI is InChI=1S/C17H24N2O.CH3ClO2S/c1-4-7-15-17(20)19-12(2)10-13-8-5-6-9-14(13)16(19)11-18(15)3;1-5(2,3)4/h5-6,8-9,12,15-16H,4,7,10-11H2,1-3H3;1H3/t12-,15-,16?;/m0./s1. The van der Waals surface area contributed by atoms with Crippen LogP contribution in [0.2, 0.25) is 0 Å². The molecule has 0 aliphatic carbocycles. The molecule has 0 aromatic heterocycles. The van der Waals surface area contributed by atoms with Crippen molar-refractivity contribution in [2.45, 2.75) is 51.2 Å². The Bertz CT molecular complexity index is 715. The van der Waals surface area contributed by atoms with Crippen LogP contribution in [0, 0.1) is 0 Å². The first-order chi connectivity index (χ1) is 11.6. The van der Waals surface area contributed by atoms with Crippen LogP contribution < -0.4 is 0 Å². The lowest BCUT2D eigenvalue weighted by Crippen LogP contribution is -2.60. The van der Waals surface area contributed by atoms with E-state index < -0.39 is 9.05 Å². The van der Waals surface area contributed by atoms with E-state index in [0.717, 1.165) is 32.1 Å². The number of likely N-dealkylation sites (N-methyl/N-ethyl adjacent to an activating group) is 1. The Hall–Kier alpha value is -1.11. The van der Waals surface area contributed by atoms with Gasteiger partial charge in [-0.25, -0.2) is 8.42 Å². The summed E-state index contributed by atoms with van der Waals surface area (Å²) in [6.45, 7) is 5.30. The summed E-state index contributed by atoms with van der Waals surface area (Å²) in [4.78, 5) is 17.3. The predicted octanol–water partition coefficient (Wildman–Crippen LogP) is 2.80. The number of hydrogen-bond acceptors (Lipinski definition) is 4. The summed E-state index contributed by atoms with van der Waals surface area (Å²) in [5, 5.41) is 0. The van der Waals surface area contributed by atoms with Gasteiger partial charge in [0.1, 0.15) is 0 Å². The van der Waals surface area contributed by atoms with Gasteiger partial charge in [0, 0.05) is 23.3 Å². The number of amides is 1. The van der Waals surface area contributed by atoms with E-state index in [-0.39, 0.29) is 12.1 Å². The quantitative estimate of drug-likeness (QED) is 0.733. The molecular weight excluding hydrogens is 360 g/mol. The third-order valence-corrected chi connectivity index (χ3v) is 4.83. The number of piperazine rings is 1. The van der Waals surface area contributed by atoms with Crippen LogP contribution in [0.5, 0.6) is 0 Å². The molecule has 5 nitrogen and oxygen atoms in total. The topological polar surface area (TPSA) is 57.7 Å². The maximum atomic E-state index is 12.9. The van der Waals surface area contributed by atoms with Gasteiger partial charge in [-0.2, -0.15) is 0 Å². The van der Waals surface area contributed by atoms with E-state index >= 15 is 0 Å². The highest BCUT2D eigenvalue weighted by molar-refractivity contribution is 8.13. The molecule has 3 rings (SSSR count). The molecule has 0 spiro atoms. The number of halogens is 1. The van der Waals surface area contributed by atoms with Gasteiger partial charge in [-0.3, -0.25) is 9.69 Å². The lowest BCUT2D eigenvalue weighted by atomic mass is 9.85. The molecule has 2 aliphatic heterocycles. The van der Waals surface area contributed by atoms with Gasteiger partial charge in [-0.1, -0.05) is 37.6 Å². The molecule has 0 bridgehead atoms. The third-order valence-electron chi connectivity index (χ3n) is 4.83. The highest BCUT2D eigenvalue weighted by Gasteiger charge is 2.43. The van der Waals surface area contributed by atoms with Gasteiger partial charge in [0.2, 0.25) is 15.0 Å². The van der Waals surface area contributed by atoms with Crippen molar-refractivity contribution < 1.29 is 13.2 Å². The monoisotopic (exact) mass is 386 g/mol. The summed E-state index contributed by atoms with van der Waals surface area (Å²) < 4.78 is 18.8. The lowest BCUT2D eigenvalue weighted by molar-refractivity contribution is -0.149. The normalized spacial score (nSPS) is 26.4. The minimum atomic E-state index is -3.19. The summed E-state index contributed by atoms with van der Waals surface area (Å²) in [7, 11) is 3.40. The Balaban J connectivity index is 0.000000399. The largest absolute Gasteiger partial charge is 0.330 e. The Labute approximate surface area is 155 Å². The third kappa shape index (κ3) is 4.96. The number of carbonyl (C=O) groups excluding carboxylic acids is 1. The van der Waals surface area contributed by atoms with E-state index in [0.29, 0.717) is 11.9 Å². The summed E-state index contributed by atoms with van der Waals surface area (Å²) in [5.74, 6) is 0.326. The lowest BCUT2D eigenvalue weighted by Gasteiger charge is -2.50. The molecule has 0 saturated carbocycles. The molecule has 25 heavy (non-hydrogen) atoms. The molecule has 0 N–H and O–H groups in total. The van der Waals surface area contributed by atoms with Crippen LogP contribution in [-0.2, 0) is 20.3 Å². The van der Waals surface area contributed by atoms with Crippen molar-refractivity contribution in [2.24, 2.45) is 0 Å². The van der Waals surface area contributed by atoms with E-state index in [9.17, 15) is 13.2 Å². The van der Waals surface area contributed by atoms with E-state index in [1.165, 1.54) is 11.1 Å². The molecule has 0 radical (unpaired) electrons. The maximum absolute atomic E-state index is 12.9. The van der Waals surface area contributed by atoms with Crippen molar-refractivity contribution in [3.8, 4) is 0 Å². The van der Waals surface area contributed by atoms with Crippen LogP contribution in [0.15, 0.2) is 24.3 Å². The van der Waals surface area contributed by atoms with Crippen LogP contribution in [0.4, 0.5) is 0 Å². The number of rotatable bonds is 2. The Morgan fingerprint density at radius 2 is 1.88 bits per heavy atom. The minimum Gasteiger partial charge on any atom is -0.330 e. The molecule has 2 aliphatic rings. The molecule has 3 atom stereocenters. The van der Waals surface area contributed by atoms with Crippen LogP contribution in [0.1, 0.15) is 43.9 Å². The highest BCUT2D eigenvalue weighted by Crippen LogP contribution is 2.37. The molecule has 1 aromatic carbocycles.